The maximum absolute atomic E-state index is 4.99. The van der Waals surface area contributed by atoms with Crippen LogP contribution in [0.1, 0.15) is 30.1 Å². The molecule has 0 atom stereocenters. The number of hydrogen-bond donors (Lipinski definition) is 1. The molecular weight excluding hydrogens is 484 g/mol. The van der Waals surface area contributed by atoms with Gasteiger partial charge in [-0.15, -0.1) is 10.2 Å². The van der Waals surface area contributed by atoms with Crippen molar-refractivity contribution in [2.24, 2.45) is 0 Å². The van der Waals surface area contributed by atoms with E-state index in [9.17, 15) is 0 Å². The summed E-state index contributed by atoms with van der Waals surface area (Å²) in [7, 11) is 0. The van der Waals surface area contributed by atoms with E-state index in [1.54, 1.807) is 18.5 Å². The Labute approximate surface area is 226 Å². The summed E-state index contributed by atoms with van der Waals surface area (Å²) >= 11 is 0. The number of imidazole rings is 1. The van der Waals surface area contributed by atoms with Gasteiger partial charge in [0, 0.05) is 42.2 Å². The van der Waals surface area contributed by atoms with Crippen LogP contribution in [0.25, 0.3) is 39.8 Å². The van der Waals surface area contributed by atoms with E-state index in [1.165, 1.54) is 5.56 Å². The molecule has 2 aromatic carbocycles. The molecule has 0 radical (unpaired) electrons. The Hall–Kier alpha value is -4.69. The zero-order valence-corrected chi connectivity index (χ0v) is 21.5. The maximum Gasteiger partial charge on any atom is 0.199 e. The predicted molar refractivity (Wildman–Crippen MR) is 151 cm³/mol. The number of aromatic amines is 1. The number of rotatable bonds is 6. The van der Waals surface area contributed by atoms with Crippen molar-refractivity contribution in [3.8, 4) is 34.2 Å². The average Bonchev–Trinajstić information content (AvgIpc) is 3.65. The molecular formula is C31H28N8. The van der Waals surface area contributed by atoms with E-state index in [0.29, 0.717) is 17.6 Å². The van der Waals surface area contributed by atoms with E-state index in [1.807, 2.05) is 12.1 Å². The fraction of sp³-hybridized carbons (Fsp3) is 0.194. The summed E-state index contributed by atoms with van der Waals surface area (Å²) in [6.07, 6.45) is 7.61. The first-order valence-electron chi connectivity index (χ1n) is 13.4. The van der Waals surface area contributed by atoms with Crippen molar-refractivity contribution in [2.45, 2.75) is 25.3 Å². The van der Waals surface area contributed by atoms with Gasteiger partial charge in [0.1, 0.15) is 11.5 Å². The molecule has 1 aliphatic heterocycles. The number of fused-ring (bicyclic) bond motifs is 1. The molecule has 0 bridgehead atoms. The molecule has 5 heterocycles. The van der Waals surface area contributed by atoms with Gasteiger partial charge in [-0.05, 0) is 49.7 Å². The normalized spacial score (nSPS) is 14.7. The molecule has 0 aliphatic carbocycles. The zero-order chi connectivity index (χ0) is 26.0. The van der Waals surface area contributed by atoms with Crippen LogP contribution in [0.4, 0.5) is 0 Å². The van der Waals surface area contributed by atoms with Gasteiger partial charge in [-0.25, -0.2) is 15.0 Å². The molecule has 0 amide bonds. The molecule has 8 nitrogen and oxygen atoms in total. The lowest BCUT2D eigenvalue weighted by atomic mass is 9.95. The molecule has 0 saturated carbocycles. The second-order valence-electron chi connectivity index (χ2n) is 9.98. The quantitative estimate of drug-likeness (QED) is 0.312. The Morgan fingerprint density at radius 1 is 0.769 bits per heavy atom. The van der Waals surface area contributed by atoms with Crippen LogP contribution in [-0.2, 0) is 6.54 Å². The summed E-state index contributed by atoms with van der Waals surface area (Å²) in [6.45, 7) is 2.98. The maximum atomic E-state index is 4.99. The van der Waals surface area contributed by atoms with E-state index < -0.39 is 0 Å². The topological polar surface area (TPSA) is 87.9 Å². The van der Waals surface area contributed by atoms with Crippen molar-refractivity contribution >= 4 is 5.65 Å². The second kappa shape index (κ2) is 10.2. The van der Waals surface area contributed by atoms with Crippen LogP contribution < -0.4 is 0 Å². The molecule has 1 N–H and O–H groups in total. The minimum absolute atomic E-state index is 0.375. The van der Waals surface area contributed by atoms with Gasteiger partial charge in [-0.1, -0.05) is 60.7 Å². The molecule has 1 fully saturated rings. The summed E-state index contributed by atoms with van der Waals surface area (Å²) in [6, 6.07) is 27.3. The van der Waals surface area contributed by atoms with Gasteiger partial charge in [0.05, 0.1) is 11.4 Å². The van der Waals surface area contributed by atoms with Crippen molar-refractivity contribution in [2.75, 3.05) is 13.1 Å². The zero-order valence-electron chi connectivity index (χ0n) is 21.5. The van der Waals surface area contributed by atoms with Crippen LogP contribution >= 0.6 is 0 Å². The Bertz CT molecular complexity index is 1680. The van der Waals surface area contributed by atoms with Crippen LogP contribution in [0.15, 0.2) is 97.5 Å². The van der Waals surface area contributed by atoms with Crippen molar-refractivity contribution in [3.05, 3.63) is 109 Å². The monoisotopic (exact) mass is 512 g/mol. The summed E-state index contributed by atoms with van der Waals surface area (Å²) < 4.78 is 2.17. The van der Waals surface area contributed by atoms with Gasteiger partial charge in [-0.2, -0.15) is 0 Å². The summed E-state index contributed by atoms with van der Waals surface area (Å²) in [5.41, 5.74) is 6.68. The highest BCUT2D eigenvalue weighted by atomic mass is 15.2. The van der Waals surface area contributed by atoms with Gasteiger partial charge in [0.2, 0.25) is 0 Å². The summed E-state index contributed by atoms with van der Waals surface area (Å²) in [4.78, 5) is 19.4. The molecule has 4 aromatic heterocycles. The number of piperidine rings is 1. The molecule has 0 spiro atoms. The number of aromatic nitrogens is 7. The number of hydrogen-bond acceptors (Lipinski definition) is 6. The minimum atomic E-state index is 0.375. The first-order chi connectivity index (χ1) is 19.3. The fourth-order valence-electron chi connectivity index (χ4n) is 5.44. The minimum Gasteiger partial charge on any atom is -0.322 e. The Kier molecular flexibility index (Phi) is 6.14. The smallest absolute Gasteiger partial charge is 0.199 e. The lowest BCUT2D eigenvalue weighted by Gasteiger charge is -2.30. The summed E-state index contributed by atoms with van der Waals surface area (Å²) in [5.74, 6) is 2.52. The van der Waals surface area contributed by atoms with Crippen molar-refractivity contribution in [1.82, 2.24) is 39.4 Å². The van der Waals surface area contributed by atoms with Gasteiger partial charge in [0.25, 0.3) is 0 Å². The average molecular weight is 513 g/mol. The number of nitrogens with one attached hydrogen (secondary N) is 1. The van der Waals surface area contributed by atoms with E-state index in [4.69, 9.17) is 4.98 Å². The number of benzene rings is 2. The Morgan fingerprint density at radius 3 is 2.33 bits per heavy atom. The number of likely N-dealkylation sites (tertiary alicyclic amines) is 1. The standard InChI is InChI=1S/C31H28N8/c1-2-7-24(8-3-1)28-27(34-26-9-4-5-18-39(26)28)23-12-10-22(11-13-23)21-38-19-14-25(15-20-38)29-35-31(37-36-29)30-32-16-6-17-33-30/h1-13,16-18,25H,14-15,19-21H2,(H,35,36,37). The van der Waals surface area contributed by atoms with Crippen molar-refractivity contribution < 1.29 is 0 Å². The first-order valence-corrected chi connectivity index (χ1v) is 13.4. The van der Waals surface area contributed by atoms with E-state index in [0.717, 1.165) is 66.5 Å². The van der Waals surface area contributed by atoms with Gasteiger partial charge < -0.3 is 4.98 Å². The molecule has 7 rings (SSSR count). The molecule has 8 heteroatoms. The number of pyridine rings is 1. The largest absolute Gasteiger partial charge is 0.322 e. The first kappa shape index (κ1) is 23.4. The Morgan fingerprint density at radius 2 is 1.54 bits per heavy atom. The lowest BCUT2D eigenvalue weighted by Crippen LogP contribution is -2.32. The number of nitrogens with zero attached hydrogens (tertiary/aromatic N) is 7. The highest BCUT2D eigenvalue weighted by Crippen LogP contribution is 2.33. The van der Waals surface area contributed by atoms with Gasteiger partial charge in [-0.3, -0.25) is 9.30 Å². The Balaban J connectivity index is 1.04. The van der Waals surface area contributed by atoms with Crippen LogP contribution in [0.2, 0.25) is 0 Å². The SMILES string of the molecule is c1ccc(-c2c(-c3ccc(CN4CCC(c5nnc(-c6ncccn6)[nH]5)CC4)cc3)nc3ccccn23)cc1. The molecule has 1 aliphatic rings. The third-order valence-electron chi connectivity index (χ3n) is 7.47. The van der Waals surface area contributed by atoms with Gasteiger partial charge >= 0.3 is 0 Å². The van der Waals surface area contributed by atoms with E-state index in [2.05, 4.69) is 101 Å². The molecule has 192 valence electrons. The van der Waals surface area contributed by atoms with Crippen molar-refractivity contribution in [3.63, 3.8) is 0 Å². The highest BCUT2D eigenvalue weighted by molar-refractivity contribution is 5.82. The van der Waals surface area contributed by atoms with Crippen molar-refractivity contribution in [1.29, 1.82) is 0 Å². The third kappa shape index (κ3) is 4.70. The third-order valence-corrected chi connectivity index (χ3v) is 7.47. The number of H-pyrrole nitrogens is 1. The van der Waals surface area contributed by atoms with E-state index in [-0.39, 0.29) is 0 Å². The van der Waals surface area contributed by atoms with Gasteiger partial charge in [0.15, 0.2) is 11.6 Å². The second-order valence-corrected chi connectivity index (χ2v) is 9.98. The van der Waals surface area contributed by atoms with Crippen LogP contribution in [0.3, 0.4) is 0 Å². The molecule has 0 unspecified atom stereocenters. The molecule has 6 aromatic rings. The molecule has 1 saturated heterocycles. The van der Waals surface area contributed by atoms with Crippen LogP contribution in [-0.4, -0.2) is 52.5 Å². The molecule has 39 heavy (non-hydrogen) atoms. The van der Waals surface area contributed by atoms with Crippen LogP contribution in [0, 0.1) is 0 Å². The lowest BCUT2D eigenvalue weighted by molar-refractivity contribution is 0.202. The fourth-order valence-corrected chi connectivity index (χ4v) is 5.44. The predicted octanol–water partition coefficient (Wildman–Crippen LogP) is 5.62. The van der Waals surface area contributed by atoms with E-state index >= 15 is 0 Å². The highest BCUT2D eigenvalue weighted by Gasteiger charge is 2.24. The summed E-state index contributed by atoms with van der Waals surface area (Å²) in [5, 5.41) is 8.67. The van der Waals surface area contributed by atoms with Crippen LogP contribution in [0.5, 0.6) is 0 Å².